The highest BCUT2D eigenvalue weighted by molar-refractivity contribution is 5.91. The number of fused-ring (bicyclic) bond motifs is 1. The Balaban J connectivity index is 1.69. The Labute approximate surface area is 141 Å². The molecule has 0 radical (unpaired) electrons. The number of ether oxygens (including phenoxy) is 2. The van der Waals surface area contributed by atoms with Gasteiger partial charge in [-0.05, 0) is 31.5 Å². The van der Waals surface area contributed by atoms with Gasteiger partial charge in [0.15, 0.2) is 0 Å². The lowest BCUT2D eigenvalue weighted by atomic mass is 10.1. The van der Waals surface area contributed by atoms with E-state index in [-0.39, 0.29) is 12.1 Å². The van der Waals surface area contributed by atoms with Crippen molar-refractivity contribution in [3.63, 3.8) is 0 Å². The second-order valence-electron chi connectivity index (χ2n) is 5.69. The number of carbonyl (C=O) groups is 1. The first-order valence-corrected chi connectivity index (χ1v) is 8.06. The molecule has 1 unspecified atom stereocenters. The minimum Gasteiger partial charge on any atom is -0.492 e. The maximum absolute atomic E-state index is 12.2. The maximum atomic E-state index is 12.2. The van der Waals surface area contributed by atoms with Crippen LogP contribution in [0.2, 0.25) is 0 Å². The summed E-state index contributed by atoms with van der Waals surface area (Å²) in [6, 6.07) is 7.21. The summed E-state index contributed by atoms with van der Waals surface area (Å²) >= 11 is 0. The van der Waals surface area contributed by atoms with Crippen LogP contribution in [0, 0.1) is 0 Å². The van der Waals surface area contributed by atoms with Crippen LogP contribution in [0.15, 0.2) is 36.7 Å². The van der Waals surface area contributed by atoms with Crippen LogP contribution in [0.5, 0.6) is 11.5 Å². The van der Waals surface area contributed by atoms with Gasteiger partial charge in [0.1, 0.15) is 17.6 Å². The molecule has 1 aromatic heterocycles. The monoisotopic (exact) mass is 327 g/mol. The average molecular weight is 327 g/mol. The lowest BCUT2D eigenvalue weighted by molar-refractivity contribution is 0.251. The molecule has 0 saturated heterocycles. The molecule has 6 heteroatoms. The van der Waals surface area contributed by atoms with E-state index in [1.54, 1.807) is 12.4 Å². The Bertz CT molecular complexity index is 719. The molecule has 1 aromatic carbocycles. The fourth-order valence-electron chi connectivity index (χ4n) is 2.66. The maximum Gasteiger partial charge on any atom is 0.319 e. The molecule has 1 atom stereocenters. The topological polar surface area (TPSA) is 72.5 Å². The van der Waals surface area contributed by atoms with E-state index in [1.807, 2.05) is 38.1 Å². The van der Waals surface area contributed by atoms with E-state index in [0.29, 0.717) is 24.6 Å². The van der Waals surface area contributed by atoms with Gasteiger partial charge >= 0.3 is 6.03 Å². The molecule has 0 aliphatic carbocycles. The number of nitrogens with one attached hydrogen (secondary N) is 2. The molecule has 2 heterocycles. The average Bonchev–Trinajstić information content (AvgIpc) is 2.93. The van der Waals surface area contributed by atoms with E-state index >= 15 is 0 Å². The smallest absolute Gasteiger partial charge is 0.319 e. The van der Waals surface area contributed by atoms with Gasteiger partial charge in [-0.25, -0.2) is 4.79 Å². The SMILES string of the molecule is CCOc1cc2c(cc1NC(=O)NCc1cccnc1)OC(C)C2. The van der Waals surface area contributed by atoms with Crippen molar-refractivity contribution in [1.29, 1.82) is 0 Å². The molecular formula is C18H21N3O3. The Morgan fingerprint density at radius 1 is 1.46 bits per heavy atom. The van der Waals surface area contributed by atoms with Crippen LogP contribution >= 0.6 is 0 Å². The number of aromatic nitrogens is 1. The van der Waals surface area contributed by atoms with Crippen molar-refractivity contribution in [1.82, 2.24) is 10.3 Å². The summed E-state index contributed by atoms with van der Waals surface area (Å²) in [6.45, 7) is 4.87. The predicted octanol–water partition coefficient (Wildman–Crippen LogP) is 3.13. The summed E-state index contributed by atoms with van der Waals surface area (Å²) in [5.74, 6) is 1.46. The molecule has 2 amide bonds. The molecule has 1 aliphatic rings. The van der Waals surface area contributed by atoms with Crippen molar-refractivity contribution < 1.29 is 14.3 Å². The predicted molar refractivity (Wildman–Crippen MR) is 91.5 cm³/mol. The Morgan fingerprint density at radius 3 is 3.08 bits per heavy atom. The second kappa shape index (κ2) is 7.21. The van der Waals surface area contributed by atoms with Crippen molar-refractivity contribution in [2.75, 3.05) is 11.9 Å². The number of nitrogens with zero attached hydrogens (tertiary/aromatic N) is 1. The van der Waals surface area contributed by atoms with Gasteiger partial charge in [0.2, 0.25) is 0 Å². The fraction of sp³-hybridized carbons (Fsp3) is 0.333. The minimum atomic E-state index is -0.300. The third-order valence-corrected chi connectivity index (χ3v) is 3.72. The second-order valence-corrected chi connectivity index (χ2v) is 5.69. The summed E-state index contributed by atoms with van der Waals surface area (Å²) in [7, 11) is 0. The number of pyridine rings is 1. The fourth-order valence-corrected chi connectivity index (χ4v) is 2.66. The van der Waals surface area contributed by atoms with Crippen molar-refractivity contribution in [2.24, 2.45) is 0 Å². The van der Waals surface area contributed by atoms with Gasteiger partial charge < -0.3 is 20.1 Å². The van der Waals surface area contributed by atoms with Gasteiger partial charge in [0.05, 0.1) is 12.3 Å². The minimum absolute atomic E-state index is 0.143. The largest absolute Gasteiger partial charge is 0.492 e. The normalized spacial score (nSPS) is 15.3. The number of carbonyl (C=O) groups excluding carboxylic acids is 1. The van der Waals surface area contributed by atoms with Crippen molar-refractivity contribution in [3.8, 4) is 11.5 Å². The molecule has 0 spiro atoms. The third kappa shape index (κ3) is 3.76. The number of hydrogen-bond donors (Lipinski definition) is 2. The Kier molecular flexibility index (Phi) is 4.84. The zero-order valence-electron chi connectivity index (χ0n) is 13.8. The van der Waals surface area contributed by atoms with E-state index in [4.69, 9.17) is 9.47 Å². The van der Waals surface area contributed by atoms with Gasteiger partial charge in [-0.2, -0.15) is 0 Å². The summed E-state index contributed by atoms with van der Waals surface area (Å²) in [5, 5.41) is 5.64. The number of hydrogen-bond acceptors (Lipinski definition) is 4. The number of rotatable bonds is 5. The van der Waals surface area contributed by atoms with Gasteiger partial charge in [-0.15, -0.1) is 0 Å². The standard InChI is InChI=1S/C18H21N3O3/c1-3-23-17-8-14-7-12(2)24-16(14)9-15(17)21-18(22)20-11-13-5-4-6-19-10-13/h4-6,8-10,12H,3,7,11H2,1-2H3,(H2,20,21,22). The molecule has 0 fully saturated rings. The number of amides is 2. The summed E-state index contributed by atoms with van der Waals surface area (Å²) < 4.78 is 11.4. The van der Waals surface area contributed by atoms with E-state index in [0.717, 1.165) is 23.3 Å². The van der Waals surface area contributed by atoms with Gasteiger partial charge in [-0.1, -0.05) is 6.07 Å². The van der Waals surface area contributed by atoms with E-state index in [2.05, 4.69) is 15.6 Å². The molecule has 6 nitrogen and oxygen atoms in total. The number of urea groups is 1. The lowest BCUT2D eigenvalue weighted by Crippen LogP contribution is -2.28. The highest BCUT2D eigenvalue weighted by Crippen LogP contribution is 2.37. The van der Waals surface area contributed by atoms with Crippen molar-refractivity contribution >= 4 is 11.7 Å². The third-order valence-electron chi connectivity index (χ3n) is 3.72. The molecule has 0 saturated carbocycles. The van der Waals surface area contributed by atoms with Crippen LogP contribution in [0.25, 0.3) is 0 Å². The van der Waals surface area contributed by atoms with Crippen molar-refractivity contribution in [3.05, 3.63) is 47.8 Å². The van der Waals surface area contributed by atoms with E-state index in [9.17, 15) is 4.79 Å². The van der Waals surface area contributed by atoms with Gasteiger partial charge in [0.25, 0.3) is 0 Å². The zero-order valence-corrected chi connectivity index (χ0v) is 13.8. The summed E-state index contributed by atoms with van der Waals surface area (Å²) in [5.41, 5.74) is 2.64. The molecule has 3 rings (SSSR count). The van der Waals surface area contributed by atoms with Crippen LogP contribution < -0.4 is 20.1 Å². The molecular weight excluding hydrogens is 306 g/mol. The van der Waals surface area contributed by atoms with Gasteiger partial charge in [0, 0.05) is 37.0 Å². The first kappa shape index (κ1) is 16.1. The molecule has 2 N–H and O–H groups in total. The molecule has 24 heavy (non-hydrogen) atoms. The van der Waals surface area contributed by atoms with Crippen LogP contribution in [0.1, 0.15) is 25.0 Å². The first-order valence-electron chi connectivity index (χ1n) is 8.06. The highest BCUT2D eigenvalue weighted by Gasteiger charge is 2.22. The highest BCUT2D eigenvalue weighted by atomic mass is 16.5. The van der Waals surface area contributed by atoms with Crippen LogP contribution in [0.4, 0.5) is 10.5 Å². The summed E-state index contributed by atoms with van der Waals surface area (Å²) in [4.78, 5) is 16.2. The molecule has 2 aromatic rings. The van der Waals surface area contributed by atoms with E-state index < -0.39 is 0 Å². The quantitative estimate of drug-likeness (QED) is 0.885. The van der Waals surface area contributed by atoms with Crippen molar-refractivity contribution in [2.45, 2.75) is 32.9 Å². The number of anilines is 1. The first-order chi connectivity index (χ1) is 11.7. The molecule has 0 bridgehead atoms. The van der Waals surface area contributed by atoms with Crippen LogP contribution in [-0.4, -0.2) is 23.7 Å². The Morgan fingerprint density at radius 2 is 2.33 bits per heavy atom. The lowest BCUT2D eigenvalue weighted by Gasteiger charge is -2.14. The van der Waals surface area contributed by atoms with Gasteiger partial charge in [-0.3, -0.25) is 4.98 Å². The number of benzene rings is 1. The van der Waals surface area contributed by atoms with E-state index in [1.165, 1.54) is 0 Å². The van der Waals surface area contributed by atoms with Crippen LogP contribution in [-0.2, 0) is 13.0 Å². The molecule has 126 valence electrons. The zero-order chi connectivity index (χ0) is 16.9. The Hall–Kier alpha value is -2.76. The summed E-state index contributed by atoms with van der Waals surface area (Å²) in [6.07, 6.45) is 4.41. The van der Waals surface area contributed by atoms with Crippen LogP contribution in [0.3, 0.4) is 0 Å². The molecule has 1 aliphatic heterocycles.